The molecule has 2 N–H and O–H groups in total. The van der Waals surface area contributed by atoms with E-state index >= 15 is 0 Å². The molecule has 0 saturated carbocycles. The Bertz CT molecular complexity index is 970. The number of unbranched alkanes of at least 4 members (excludes halogenated alkanes) is 24. The highest BCUT2D eigenvalue weighted by Crippen LogP contribution is 2.14. The lowest BCUT2D eigenvalue weighted by molar-refractivity contribution is 0.280. The van der Waals surface area contributed by atoms with E-state index in [2.05, 4.69) is 60.1 Å². The Kier molecular flexibility index (Phi) is 38.2. The largest absolute Gasteiger partial charge is 0.377 e. The van der Waals surface area contributed by atoms with Crippen LogP contribution >= 0.6 is 0 Å². The van der Waals surface area contributed by atoms with E-state index in [0.717, 1.165) is 64.2 Å². The molecule has 48 heavy (non-hydrogen) atoms. The van der Waals surface area contributed by atoms with Crippen molar-refractivity contribution in [2.75, 3.05) is 0 Å². The lowest BCUT2D eigenvalue weighted by Crippen LogP contribution is -1.96. The van der Waals surface area contributed by atoms with Crippen molar-refractivity contribution in [1.29, 1.82) is 0 Å². The van der Waals surface area contributed by atoms with Crippen LogP contribution in [0.1, 0.15) is 180 Å². The van der Waals surface area contributed by atoms with Crippen LogP contribution in [0.15, 0.2) is 60.8 Å². The van der Waals surface area contributed by atoms with Crippen molar-refractivity contribution in [3.05, 3.63) is 60.8 Å². The Balaban J connectivity index is 3.39. The first-order valence-corrected chi connectivity index (χ1v) is 19.8. The minimum absolute atomic E-state index is 0.651. The molecule has 0 aromatic heterocycles. The standard InChI is InChI=1S/C46H72O2/c1-3-5-6-7-8-9-10-11-12-13-14-15-16-17-18-19-20-21-22-23-24-25-26-27-28-29-30-34-37-40-43-46(48)44-41-38-35-32-31-33-36-39-42-45(47)4-2/h1-2,5-6,21-22,27-28,39-40,42-43,45-48H,7-20,23-26,29-38H2/b6-5-,22-21-,28-27-,42-39+,43-40-/t45-,46-/m1/s1. The van der Waals surface area contributed by atoms with Crippen molar-refractivity contribution in [1.82, 2.24) is 0 Å². The number of allylic oxidation sites excluding steroid dienone is 8. The number of aliphatic hydroxyl groups is 2. The van der Waals surface area contributed by atoms with Gasteiger partial charge in [0.1, 0.15) is 12.2 Å². The Morgan fingerprint density at radius 2 is 0.729 bits per heavy atom. The number of hydrogen-bond donors (Lipinski definition) is 2. The second-order valence-electron chi connectivity index (χ2n) is 13.1. The van der Waals surface area contributed by atoms with Gasteiger partial charge in [-0.2, -0.15) is 0 Å². The van der Waals surface area contributed by atoms with Crippen LogP contribution in [0.3, 0.4) is 0 Å². The summed E-state index contributed by atoms with van der Waals surface area (Å²) in [6.45, 7) is 0. The highest BCUT2D eigenvalue weighted by Gasteiger charge is 1.95. The van der Waals surface area contributed by atoms with Crippen LogP contribution < -0.4 is 0 Å². The van der Waals surface area contributed by atoms with E-state index in [4.69, 9.17) is 12.8 Å². The fraction of sp³-hybridized carbons (Fsp3) is 0.652. The molecule has 0 aromatic carbocycles. The zero-order valence-corrected chi connectivity index (χ0v) is 30.8. The van der Waals surface area contributed by atoms with Crippen molar-refractivity contribution in [3.63, 3.8) is 0 Å². The molecule has 0 heterocycles. The predicted octanol–water partition coefficient (Wildman–Crippen LogP) is 12.7. The Labute approximate surface area is 298 Å². The van der Waals surface area contributed by atoms with Gasteiger partial charge in [-0.1, -0.05) is 137 Å². The van der Waals surface area contributed by atoms with Gasteiger partial charge in [0.15, 0.2) is 0 Å². The maximum absolute atomic E-state index is 10.00. The van der Waals surface area contributed by atoms with Gasteiger partial charge in [-0.05, 0) is 115 Å². The summed E-state index contributed by atoms with van der Waals surface area (Å²) in [6, 6.07) is 0. The van der Waals surface area contributed by atoms with E-state index in [1.807, 2.05) is 18.2 Å². The predicted molar refractivity (Wildman–Crippen MR) is 212 cm³/mol. The SMILES string of the molecule is C#C/C=C\CCCCCCCCCCCCCC/C=C\CCCC/C=C\CCCC/C=C\[C@@H](O)C#CCCCCCC/C=C/[C@H](O)C#C. The van der Waals surface area contributed by atoms with Gasteiger partial charge in [0.25, 0.3) is 0 Å². The molecule has 0 saturated heterocycles. The van der Waals surface area contributed by atoms with Crippen molar-refractivity contribution < 1.29 is 10.2 Å². The van der Waals surface area contributed by atoms with Gasteiger partial charge in [-0.25, -0.2) is 0 Å². The fourth-order valence-corrected chi connectivity index (χ4v) is 5.52. The second kappa shape index (κ2) is 40.5. The second-order valence-corrected chi connectivity index (χ2v) is 13.1. The summed E-state index contributed by atoms with van der Waals surface area (Å²) < 4.78 is 0. The van der Waals surface area contributed by atoms with E-state index in [1.165, 1.54) is 116 Å². The minimum atomic E-state index is -0.762. The lowest BCUT2D eigenvalue weighted by Gasteiger charge is -2.02. The summed E-state index contributed by atoms with van der Waals surface area (Å²) in [6.07, 6.45) is 64.6. The number of aliphatic hydroxyl groups excluding tert-OH is 2. The molecule has 0 aliphatic rings. The molecule has 0 unspecified atom stereocenters. The van der Waals surface area contributed by atoms with Crippen LogP contribution in [0.4, 0.5) is 0 Å². The number of terminal acetylenes is 2. The molecule has 2 atom stereocenters. The summed E-state index contributed by atoms with van der Waals surface area (Å²) in [4.78, 5) is 0. The van der Waals surface area contributed by atoms with Crippen molar-refractivity contribution in [2.45, 2.75) is 192 Å². The summed E-state index contributed by atoms with van der Waals surface area (Å²) in [5, 5.41) is 19.2. The van der Waals surface area contributed by atoms with E-state index in [0.29, 0.717) is 0 Å². The molecule has 0 aliphatic carbocycles. The molecule has 0 amide bonds. The first-order valence-electron chi connectivity index (χ1n) is 19.8. The zero-order valence-electron chi connectivity index (χ0n) is 30.8. The van der Waals surface area contributed by atoms with E-state index in [9.17, 15) is 10.2 Å². The topological polar surface area (TPSA) is 40.5 Å². The Morgan fingerprint density at radius 3 is 1.15 bits per heavy atom. The normalized spacial score (nSPS) is 13.1. The quantitative estimate of drug-likeness (QED) is 0.0419. The van der Waals surface area contributed by atoms with Crippen LogP contribution in [0.25, 0.3) is 0 Å². The molecular formula is C46H72O2. The molecule has 0 aromatic rings. The first kappa shape index (κ1) is 45.3. The van der Waals surface area contributed by atoms with Crippen LogP contribution in [0, 0.1) is 36.5 Å². The van der Waals surface area contributed by atoms with Gasteiger partial charge < -0.3 is 10.2 Å². The van der Waals surface area contributed by atoms with E-state index in [-0.39, 0.29) is 0 Å². The third kappa shape index (κ3) is 39.5. The molecule has 0 bridgehead atoms. The average Bonchev–Trinajstić information content (AvgIpc) is 3.09. The summed E-state index contributed by atoms with van der Waals surface area (Å²) in [7, 11) is 0. The molecule has 0 radical (unpaired) electrons. The third-order valence-corrected chi connectivity index (χ3v) is 8.50. The minimum Gasteiger partial charge on any atom is -0.377 e. The molecule has 0 aliphatic heterocycles. The monoisotopic (exact) mass is 657 g/mol. The van der Waals surface area contributed by atoms with Gasteiger partial charge in [-0.15, -0.1) is 18.8 Å². The van der Waals surface area contributed by atoms with Gasteiger partial charge in [-0.3, -0.25) is 0 Å². The van der Waals surface area contributed by atoms with Crippen molar-refractivity contribution in [3.8, 4) is 36.5 Å². The molecule has 0 fully saturated rings. The maximum atomic E-state index is 10.00. The van der Waals surface area contributed by atoms with Gasteiger partial charge in [0, 0.05) is 6.42 Å². The summed E-state index contributed by atoms with van der Waals surface area (Å²) >= 11 is 0. The molecule has 0 rings (SSSR count). The smallest absolute Gasteiger partial charge is 0.133 e. The number of hydrogen-bond acceptors (Lipinski definition) is 2. The van der Waals surface area contributed by atoms with Crippen LogP contribution in [0.2, 0.25) is 0 Å². The van der Waals surface area contributed by atoms with Gasteiger partial charge in [0.05, 0.1) is 0 Å². The maximum Gasteiger partial charge on any atom is 0.133 e. The van der Waals surface area contributed by atoms with Crippen LogP contribution in [-0.4, -0.2) is 22.4 Å². The molecule has 2 nitrogen and oxygen atoms in total. The average molecular weight is 657 g/mol. The van der Waals surface area contributed by atoms with Crippen molar-refractivity contribution >= 4 is 0 Å². The highest BCUT2D eigenvalue weighted by atomic mass is 16.3. The fourth-order valence-electron chi connectivity index (χ4n) is 5.52. The lowest BCUT2D eigenvalue weighted by atomic mass is 10.0. The van der Waals surface area contributed by atoms with Crippen LogP contribution in [-0.2, 0) is 0 Å². The molecule has 2 heteroatoms. The van der Waals surface area contributed by atoms with Gasteiger partial charge >= 0.3 is 0 Å². The third-order valence-electron chi connectivity index (χ3n) is 8.50. The van der Waals surface area contributed by atoms with Crippen molar-refractivity contribution in [2.24, 2.45) is 0 Å². The van der Waals surface area contributed by atoms with Gasteiger partial charge in [0.2, 0.25) is 0 Å². The first-order chi connectivity index (χ1) is 23.7. The molecular weight excluding hydrogens is 585 g/mol. The summed E-state index contributed by atoms with van der Waals surface area (Å²) in [5.41, 5.74) is 0. The number of rotatable bonds is 33. The van der Waals surface area contributed by atoms with E-state index in [1.54, 1.807) is 6.08 Å². The Hall–Kier alpha value is -2.70. The Morgan fingerprint density at radius 1 is 0.396 bits per heavy atom. The summed E-state index contributed by atoms with van der Waals surface area (Å²) in [5.74, 6) is 10.8. The zero-order chi connectivity index (χ0) is 34.9. The van der Waals surface area contributed by atoms with Crippen LogP contribution in [0.5, 0.6) is 0 Å². The van der Waals surface area contributed by atoms with E-state index < -0.39 is 12.2 Å². The molecule has 0 spiro atoms. The molecule has 268 valence electrons. The highest BCUT2D eigenvalue weighted by molar-refractivity contribution is 5.12.